The summed E-state index contributed by atoms with van der Waals surface area (Å²) in [6.07, 6.45) is 1.43. The van der Waals surface area contributed by atoms with Gasteiger partial charge in [-0.1, -0.05) is 0 Å². The molecule has 0 radical (unpaired) electrons. The van der Waals surface area contributed by atoms with Crippen molar-refractivity contribution >= 4 is 39.7 Å². The van der Waals surface area contributed by atoms with E-state index in [0.717, 1.165) is 10.2 Å². The van der Waals surface area contributed by atoms with Gasteiger partial charge in [-0.2, -0.15) is 5.10 Å². The van der Waals surface area contributed by atoms with Gasteiger partial charge in [-0.25, -0.2) is 10.2 Å². The molecule has 0 saturated carbocycles. The number of carbonyl (C=O) groups is 1. The molecule has 0 saturated heterocycles. The molecule has 1 aromatic carbocycles. The minimum Gasteiger partial charge on any atom is -0.494 e. The predicted octanol–water partition coefficient (Wildman–Crippen LogP) is 3.66. The van der Waals surface area contributed by atoms with E-state index in [9.17, 15) is 4.79 Å². The second-order valence-electron chi connectivity index (χ2n) is 4.98. The Morgan fingerprint density at radius 3 is 2.67 bits per heavy atom. The summed E-state index contributed by atoms with van der Waals surface area (Å²) in [5.41, 5.74) is 3.02. The van der Waals surface area contributed by atoms with Gasteiger partial charge in [-0.15, -0.1) is 0 Å². The number of benzene rings is 1. The van der Waals surface area contributed by atoms with Crippen LogP contribution < -0.4 is 20.4 Å². The lowest BCUT2D eigenvalue weighted by Gasteiger charge is -2.07. The maximum absolute atomic E-state index is 11.8. The Kier molecular flexibility index (Phi) is 6.25. The maximum Gasteiger partial charge on any atom is 0.339 e. The largest absolute Gasteiger partial charge is 0.494 e. The minimum absolute atomic E-state index is 0.450. The van der Waals surface area contributed by atoms with Crippen LogP contribution in [0.5, 0.6) is 5.75 Å². The Morgan fingerprint density at radius 2 is 2.08 bits per heavy atom. The minimum atomic E-state index is -0.450. The number of anilines is 2. The van der Waals surface area contributed by atoms with E-state index in [1.165, 1.54) is 6.21 Å². The van der Waals surface area contributed by atoms with Crippen LogP contribution in [0.25, 0.3) is 0 Å². The van der Waals surface area contributed by atoms with Crippen LogP contribution in [-0.4, -0.2) is 32.9 Å². The molecule has 1 heterocycles. The van der Waals surface area contributed by atoms with Crippen LogP contribution in [0.3, 0.4) is 0 Å². The molecule has 0 aliphatic heterocycles. The molecule has 0 aliphatic carbocycles. The van der Waals surface area contributed by atoms with E-state index in [1.807, 2.05) is 25.9 Å². The standard InChI is InChI=1S/C16H19BrN4O3/c1-4-23-12-7-5-11(6-8-12)19-16(22)20-18-10-13-9-14(17)15(24-13)21(2)3/h5-10H,4H2,1-3H3,(H2,19,20,22)/b18-10+. The number of nitrogens with one attached hydrogen (secondary N) is 2. The van der Waals surface area contributed by atoms with Crippen molar-refractivity contribution in [3.05, 3.63) is 40.6 Å². The average molecular weight is 395 g/mol. The molecule has 0 unspecified atom stereocenters. The van der Waals surface area contributed by atoms with Crippen LogP contribution in [0.15, 0.2) is 44.3 Å². The van der Waals surface area contributed by atoms with Crippen LogP contribution in [0.2, 0.25) is 0 Å². The van der Waals surface area contributed by atoms with E-state index in [2.05, 4.69) is 31.8 Å². The summed E-state index contributed by atoms with van der Waals surface area (Å²) in [7, 11) is 3.74. The van der Waals surface area contributed by atoms with Gasteiger partial charge in [0.25, 0.3) is 0 Å². The predicted molar refractivity (Wildman–Crippen MR) is 98.1 cm³/mol. The van der Waals surface area contributed by atoms with Crippen molar-refractivity contribution in [3.63, 3.8) is 0 Å². The molecule has 128 valence electrons. The first-order valence-corrected chi connectivity index (χ1v) is 8.08. The van der Waals surface area contributed by atoms with Gasteiger partial charge in [-0.3, -0.25) is 0 Å². The van der Waals surface area contributed by atoms with Crippen molar-refractivity contribution in [1.29, 1.82) is 0 Å². The third kappa shape index (κ3) is 5.02. The number of hydrazone groups is 1. The van der Waals surface area contributed by atoms with Gasteiger partial charge in [0, 0.05) is 25.8 Å². The molecule has 2 N–H and O–H groups in total. The lowest BCUT2D eigenvalue weighted by molar-refractivity contribution is 0.252. The highest BCUT2D eigenvalue weighted by atomic mass is 79.9. The van der Waals surface area contributed by atoms with Crippen molar-refractivity contribution in [2.75, 3.05) is 30.9 Å². The van der Waals surface area contributed by atoms with E-state index >= 15 is 0 Å². The first-order valence-electron chi connectivity index (χ1n) is 7.29. The van der Waals surface area contributed by atoms with E-state index < -0.39 is 6.03 Å². The first-order chi connectivity index (χ1) is 11.5. The number of rotatable bonds is 6. The monoisotopic (exact) mass is 394 g/mol. The van der Waals surface area contributed by atoms with E-state index in [4.69, 9.17) is 9.15 Å². The molecule has 0 aliphatic rings. The summed E-state index contributed by atoms with van der Waals surface area (Å²) in [6, 6.07) is 8.39. The molecule has 7 nitrogen and oxygen atoms in total. The number of urea groups is 1. The van der Waals surface area contributed by atoms with Crippen molar-refractivity contribution < 1.29 is 13.9 Å². The summed E-state index contributed by atoms with van der Waals surface area (Å²) < 4.78 is 11.7. The SMILES string of the molecule is CCOc1ccc(NC(=O)N/N=C/c2cc(Br)c(N(C)C)o2)cc1. The van der Waals surface area contributed by atoms with Gasteiger partial charge in [0.2, 0.25) is 5.88 Å². The van der Waals surface area contributed by atoms with Crippen LogP contribution in [0, 0.1) is 0 Å². The van der Waals surface area contributed by atoms with Crippen molar-refractivity contribution in [2.45, 2.75) is 6.92 Å². The number of hydrogen-bond donors (Lipinski definition) is 2. The summed E-state index contributed by atoms with van der Waals surface area (Å²) in [6.45, 7) is 2.51. The van der Waals surface area contributed by atoms with Gasteiger partial charge in [-0.05, 0) is 47.1 Å². The number of halogens is 1. The number of hydrogen-bond acceptors (Lipinski definition) is 5. The fourth-order valence-corrected chi connectivity index (χ4v) is 2.52. The van der Waals surface area contributed by atoms with Crippen molar-refractivity contribution in [2.24, 2.45) is 5.10 Å². The Labute approximate surface area is 148 Å². The Hall–Kier alpha value is -2.48. The van der Waals surface area contributed by atoms with E-state index in [0.29, 0.717) is 23.9 Å². The average Bonchev–Trinajstić information content (AvgIpc) is 2.90. The van der Waals surface area contributed by atoms with Crippen LogP contribution >= 0.6 is 15.9 Å². The second kappa shape index (κ2) is 8.39. The lowest BCUT2D eigenvalue weighted by Crippen LogP contribution is -2.24. The topological polar surface area (TPSA) is 79.1 Å². The van der Waals surface area contributed by atoms with E-state index in [-0.39, 0.29) is 0 Å². The van der Waals surface area contributed by atoms with Crippen molar-refractivity contribution in [1.82, 2.24) is 5.43 Å². The highest BCUT2D eigenvalue weighted by molar-refractivity contribution is 9.10. The molecule has 0 atom stereocenters. The maximum atomic E-state index is 11.8. The highest BCUT2D eigenvalue weighted by Gasteiger charge is 2.09. The highest BCUT2D eigenvalue weighted by Crippen LogP contribution is 2.27. The lowest BCUT2D eigenvalue weighted by atomic mass is 10.3. The molecule has 0 fully saturated rings. The zero-order valence-electron chi connectivity index (χ0n) is 13.7. The van der Waals surface area contributed by atoms with Gasteiger partial charge < -0.3 is 19.4 Å². The first kappa shape index (κ1) is 17.9. The smallest absolute Gasteiger partial charge is 0.339 e. The fraction of sp³-hybridized carbons (Fsp3) is 0.250. The summed E-state index contributed by atoms with van der Waals surface area (Å²) >= 11 is 3.39. The molecule has 0 bridgehead atoms. The number of ether oxygens (including phenoxy) is 1. The molecule has 0 spiro atoms. The molecule has 8 heteroatoms. The number of nitrogens with zero attached hydrogens (tertiary/aromatic N) is 2. The molecular weight excluding hydrogens is 376 g/mol. The molecular formula is C16H19BrN4O3. The number of furan rings is 1. The summed E-state index contributed by atoms with van der Waals surface area (Å²) in [4.78, 5) is 13.6. The quantitative estimate of drug-likeness (QED) is 0.578. The van der Waals surface area contributed by atoms with Crippen LogP contribution in [0.4, 0.5) is 16.4 Å². The number of carbonyl (C=O) groups excluding carboxylic acids is 1. The summed E-state index contributed by atoms with van der Waals surface area (Å²) in [5.74, 6) is 1.95. The molecule has 2 rings (SSSR count). The van der Waals surface area contributed by atoms with Crippen LogP contribution in [-0.2, 0) is 0 Å². The molecule has 24 heavy (non-hydrogen) atoms. The number of amides is 2. The Bertz CT molecular complexity index is 711. The van der Waals surface area contributed by atoms with Crippen LogP contribution in [0.1, 0.15) is 12.7 Å². The molecule has 2 aromatic rings. The zero-order chi connectivity index (χ0) is 17.5. The Morgan fingerprint density at radius 1 is 1.38 bits per heavy atom. The molecule has 2 amide bonds. The third-order valence-electron chi connectivity index (χ3n) is 2.88. The third-order valence-corrected chi connectivity index (χ3v) is 3.44. The second-order valence-corrected chi connectivity index (χ2v) is 5.83. The Balaban J connectivity index is 1.87. The van der Waals surface area contributed by atoms with Gasteiger partial charge in [0.1, 0.15) is 5.75 Å². The van der Waals surface area contributed by atoms with Gasteiger partial charge >= 0.3 is 6.03 Å². The van der Waals surface area contributed by atoms with E-state index in [1.54, 1.807) is 30.3 Å². The normalized spacial score (nSPS) is 10.7. The molecule has 1 aromatic heterocycles. The van der Waals surface area contributed by atoms with Gasteiger partial charge in [0.15, 0.2) is 5.76 Å². The zero-order valence-corrected chi connectivity index (χ0v) is 15.3. The van der Waals surface area contributed by atoms with Gasteiger partial charge in [0.05, 0.1) is 17.3 Å². The summed E-state index contributed by atoms with van der Waals surface area (Å²) in [5, 5.41) is 6.52. The van der Waals surface area contributed by atoms with Crippen molar-refractivity contribution in [3.8, 4) is 5.75 Å². The fourth-order valence-electron chi connectivity index (χ4n) is 1.86.